The number of esters is 1. The number of rotatable bonds is 5. The molecule has 0 aliphatic carbocycles. The first-order chi connectivity index (χ1) is 11.5. The molecule has 2 rings (SSSR count). The van der Waals surface area contributed by atoms with E-state index in [9.17, 15) is 9.59 Å². The second-order valence-electron chi connectivity index (χ2n) is 4.75. The minimum Gasteiger partial charge on any atom is -0.496 e. The van der Waals surface area contributed by atoms with Gasteiger partial charge in [-0.25, -0.2) is 4.79 Å². The highest BCUT2D eigenvalue weighted by molar-refractivity contribution is 9.10. The summed E-state index contributed by atoms with van der Waals surface area (Å²) in [6.07, 6.45) is 3.02. The number of hydrogen-bond donors (Lipinski definition) is 1. The number of amides is 1. The first-order valence-electron chi connectivity index (χ1n) is 7.05. The van der Waals surface area contributed by atoms with E-state index in [4.69, 9.17) is 9.47 Å². The van der Waals surface area contributed by atoms with E-state index in [0.717, 1.165) is 5.56 Å². The zero-order valence-electron chi connectivity index (χ0n) is 13.2. The van der Waals surface area contributed by atoms with Crippen molar-refractivity contribution in [3.63, 3.8) is 0 Å². The molecule has 2 aromatic carbocycles. The number of methoxy groups -OCH3 is 2. The Labute approximate surface area is 148 Å². The number of carbonyl (C=O) groups is 2. The average Bonchev–Trinajstić information content (AvgIpc) is 2.61. The Kier molecular flexibility index (Phi) is 6.14. The summed E-state index contributed by atoms with van der Waals surface area (Å²) < 4.78 is 10.7. The van der Waals surface area contributed by atoms with Crippen molar-refractivity contribution >= 4 is 39.6 Å². The van der Waals surface area contributed by atoms with Gasteiger partial charge in [-0.05, 0) is 30.3 Å². The molecule has 0 radical (unpaired) electrons. The van der Waals surface area contributed by atoms with Gasteiger partial charge in [0.2, 0.25) is 5.91 Å². The van der Waals surface area contributed by atoms with Crippen LogP contribution in [0.2, 0.25) is 0 Å². The zero-order chi connectivity index (χ0) is 17.5. The molecule has 6 heteroatoms. The third-order valence-corrected chi connectivity index (χ3v) is 3.69. The number of anilines is 1. The van der Waals surface area contributed by atoms with Crippen LogP contribution >= 0.6 is 15.9 Å². The second-order valence-corrected chi connectivity index (χ2v) is 5.66. The average molecular weight is 390 g/mol. The Bertz CT molecular complexity index is 786. The molecule has 0 unspecified atom stereocenters. The molecule has 0 heterocycles. The lowest BCUT2D eigenvalue weighted by atomic mass is 10.1. The molecule has 1 N–H and O–H groups in total. The fraction of sp³-hybridized carbons (Fsp3) is 0.111. The Hall–Kier alpha value is -2.60. The molecule has 0 aromatic heterocycles. The van der Waals surface area contributed by atoms with Crippen LogP contribution in [-0.4, -0.2) is 26.1 Å². The summed E-state index contributed by atoms with van der Waals surface area (Å²) in [7, 11) is 2.85. The van der Waals surface area contributed by atoms with Gasteiger partial charge in [0.25, 0.3) is 0 Å². The first kappa shape index (κ1) is 17.7. The molecule has 0 spiro atoms. The van der Waals surface area contributed by atoms with Crippen LogP contribution in [0.1, 0.15) is 15.9 Å². The fourth-order valence-corrected chi connectivity index (χ4v) is 2.41. The smallest absolute Gasteiger partial charge is 0.340 e. The summed E-state index contributed by atoms with van der Waals surface area (Å²) in [5.74, 6) is -0.228. The van der Waals surface area contributed by atoms with Gasteiger partial charge >= 0.3 is 5.97 Å². The van der Waals surface area contributed by atoms with Gasteiger partial charge in [-0.2, -0.15) is 0 Å². The summed E-state index contributed by atoms with van der Waals surface area (Å²) in [6.45, 7) is 0. The predicted molar refractivity (Wildman–Crippen MR) is 96.1 cm³/mol. The van der Waals surface area contributed by atoms with Crippen molar-refractivity contribution in [2.45, 2.75) is 0 Å². The third kappa shape index (κ3) is 4.45. The van der Waals surface area contributed by atoms with E-state index in [2.05, 4.69) is 21.2 Å². The van der Waals surface area contributed by atoms with Gasteiger partial charge in [0.1, 0.15) is 5.75 Å². The highest BCUT2D eigenvalue weighted by atomic mass is 79.9. The van der Waals surface area contributed by atoms with Gasteiger partial charge < -0.3 is 14.8 Å². The van der Waals surface area contributed by atoms with Crippen molar-refractivity contribution in [1.82, 2.24) is 0 Å². The summed E-state index contributed by atoms with van der Waals surface area (Å²) in [5.41, 5.74) is 1.42. The SMILES string of the molecule is COC(=O)c1cc(Br)ccc1NC(=O)C=Cc1ccccc1OC. The quantitative estimate of drug-likeness (QED) is 0.622. The zero-order valence-corrected chi connectivity index (χ0v) is 14.8. The molecule has 2 aromatic rings. The number of hydrogen-bond acceptors (Lipinski definition) is 4. The molecule has 0 aliphatic rings. The highest BCUT2D eigenvalue weighted by Gasteiger charge is 2.13. The topological polar surface area (TPSA) is 64.6 Å². The van der Waals surface area contributed by atoms with Crippen molar-refractivity contribution in [3.05, 3.63) is 64.1 Å². The van der Waals surface area contributed by atoms with E-state index in [1.807, 2.05) is 24.3 Å². The van der Waals surface area contributed by atoms with Crippen LogP contribution < -0.4 is 10.1 Å². The van der Waals surface area contributed by atoms with E-state index in [1.54, 1.807) is 31.4 Å². The number of benzene rings is 2. The fourth-order valence-electron chi connectivity index (χ4n) is 2.05. The van der Waals surface area contributed by atoms with Crippen LogP contribution in [0.25, 0.3) is 6.08 Å². The van der Waals surface area contributed by atoms with Crippen molar-refractivity contribution < 1.29 is 19.1 Å². The largest absolute Gasteiger partial charge is 0.496 e. The van der Waals surface area contributed by atoms with Crippen LogP contribution in [0.15, 0.2) is 53.0 Å². The minimum atomic E-state index is -0.527. The monoisotopic (exact) mass is 389 g/mol. The number of para-hydroxylation sites is 1. The maximum Gasteiger partial charge on any atom is 0.340 e. The summed E-state index contributed by atoms with van der Waals surface area (Å²) in [6, 6.07) is 12.3. The lowest BCUT2D eigenvalue weighted by molar-refractivity contribution is -0.111. The van der Waals surface area contributed by atoms with Crippen LogP contribution in [0, 0.1) is 0 Å². The van der Waals surface area contributed by atoms with E-state index >= 15 is 0 Å². The molecule has 0 aliphatic heterocycles. The lowest BCUT2D eigenvalue weighted by Gasteiger charge is -2.09. The number of ether oxygens (including phenoxy) is 2. The van der Waals surface area contributed by atoms with E-state index in [-0.39, 0.29) is 11.5 Å². The van der Waals surface area contributed by atoms with E-state index < -0.39 is 5.97 Å². The van der Waals surface area contributed by atoms with Crippen LogP contribution in [-0.2, 0) is 9.53 Å². The number of carbonyl (C=O) groups excluding carboxylic acids is 2. The van der Waals surface area contributed by atoms with Crippen molar-refractivity contribution in [3.8, 4) is 5.75 Å². The molecule has 0 saturated heterocycles. The van der Waals surface area contributed by atoms with Crippen molar-refractivity contribution in [2.24, 2.45) is 0 Å². The molecule has 124 valence electrons. The van der Waals surface area contributed by atoms with Gasteiger partial charge in [0, 0.05) is 16.1 Å². The molecular formula is C18H16BrNO4. The third-order valence-electron chi connectivity index (χ3n) is 3.20. The van der Waals surface area contributed by atoms with E-state index in [0.29, 0.717) is 15.9 Å². The van der Waals surface area contributed by atoms with Gasteiger partial charge in [-0.1, -0.05) is 34.1 Å². The molecule has 24 heavy (non-hydrogen) atoms. The van der Waals surface area contributed by atoms with Gasteiger partial charge in [0.05, 0.1) is 25.5 Å². The summed E-state index contributed by atoms with van der Waals surface area (Å²) >= 11 is 3.29. The van der Waals surface area contributed by atoms with Gasteiger partial charge in [0.15, 0.2) is 0 Å². The molecule has 0 saturated carbocycles. The Morgan fingerprint density at radius 2 is 1.88 bits per heavy atom. The summed E-state index contributed by atoms with van der Waals surface area (Å²) in [4.78, 5) is 23.9. The van der Waals surface area contributed by atoms with Crippen LogP contribution in [0.4, 0.5) is 5.69 Å². The van der Waals surface area contributed by atoms with Crippen molar-refractivity contribution in [2.75, 3.05) is 19.5 Å². The Balaban J connectivity index is 2.18. The maximum atomic E-state index is 12.1. The Morgan fingerprint density at radius 1 is 1.12 bits per heavy atom. The van der Waals surface area contributed by atoms with E-state index in [1.165, 1.54) is 13.2 Å². The van der Waals surface area contributed by atoms with Crippen LogP contribution in [0.5, 0.6) is 5.75 Å². The Morgan fingerprint density at radius 3 is 2.58 bits per heavy atom. The van der Waals surface area contributed by atoms with Crippen molar-refractivity contribution in [1.29, 1.82) is 0 Å². The molecule has 0 fully saturated rings. The molecule has 5 nitrogen and oxygen atoms in total. The minimum absolute atomic E-state index is 0.269. The highest BCUT2D eigenvalue weighted by Crippen LogP contribution is 2.22. The maximum absolute atomic E-state index is 12.1. The summed E-state index contributed by atoms with van der Waals surface area (Å²) in [5, 5.41) is 2.67. The molecular weight excluding hydrogens is 374 g/mol. The first-order valence-corrected chi connectivity index (χ1v) is 7.84. The standard InChI is InChI=1S/C18H16BrNO4/c1-23-16-6-4-3-5-12(16)7-10-17(21)20-15-9-8-13(19)11-14(15)18(22)24-2/h3-11H,1-2H3,(H,20,21). The lowest BCUT2D eigenvalue weighted by Crippen LogP contribution is -2.13. The number of halogens is 1. The predicted octanol–water partition coefficient (Wildman–Crippen LogP) is 3.90. The number of nitrogens with one attached hydrogen (secondary N) is 1. The molecule has 0 atom stereocenters. The van der Waals surface area contributed by atoms with Crippen LogP contribution in [0.3, 0.4) is 0 Å². The molecule has 1 amide bonds. The molecule has 0 bridgehead atoms. The van der Waals surface area contributed by atoms with Gasteiger partial charge in [-0.3, -0.25) is 4.79 Å². The normalized spacial score (nSPS) is 10.5. The van der Waals surface area contributed by atoms with Gasteiger partial charge in [-0.15, -0.1) is 0 Å². The second kappa shape index (κ2) is 8.31.